The van der Waals surface area contributed by atoms with Gasteiger partial charge in [-0.25, -0.2) is 0 Å². The lowest BCUT2D eigenvalue weighted by Crippen LogP contribution is -2.18. The fourth-order valence-electron chi connectivity index (χ4n) is 5.99. The summed E-state index contributed by atoms with van der Waals surface area (Å²) in [6.07, 6.45) is 0. The molecule has 2 nitrogen and oxygen atoms in total. The monoisotopic (exact) mass is 542 g/mol. The van der Waals surface area contributed by atoms with Crippen molar-refractivity contribution in [3.05, 3.63) is 156 Å². The summed E-state index contributed by atoms with van der Waals surface area (Å²) in [4.78, 5) is 4.80. The van der Waals surface area contributed by atoms with E-state index in [1.807, 2.05) is 0 Å². The third kappa shape index (κ3) is 4.46. The summed E-state index contributed by atoms with van der Waals surface area (Å²) < 4.78 is 0. The van der Waals surface area contributed by atoms with Crippen molar-refractivity contribution in [1.29, 1.82) is 0 Å². The van der Waals surface area contributed by atoms with Gasteiger partial charge in [0.1, 0.15) is 0 Å². The van der Waals surface area contributed by atoms with Crippen LogP contribution in [0.2, 0.25) is 0 Å². The maximum absolute atomic E-state index is 2.40. The molecule has 0 radical (unpaired) electrons. The molecule has 0 aromatic heterocycles. The summed E-state index contributed by atoms with van der Waals surface area (Å²) in [5, 5.41) is 0. The van der Waals surface area contributed by atoms with E-state index in [0.717, 1.165) is 22.7 Å². The van der Waals surface area contributed by atoms with Crippen molar-refractivity contribution in [2.45, 2.75) is 27.7 Å². The van der Waals surface area contributed by atoms with Gasteiger partial charge in [0.05, 0.1) is 11.4 Å². The minimum atomic E-state index is 1.15. The second-order valence-corrected chi connectivity index (χ2v) is 11.4. The number of aryl methyl sites for hydroxylation is 4. The molecule has 7 rings (SSSR count). The number of rotatable bonds is 6. The summed E-state index contributed by atoms with van der Waals surface area (Å²) in [6.45, 7) is 8.57. The van der Waals surface area contributed by atoms with Gasteiger partial charge >= 0.3 is 0 Å². The first kappa shape index (κ1) is 25.9. The lowest BCUT2D eigenvalue weighted by molar-refractivity contribution is 1.24. The molecule has 2 heteroatoms. The highest BCUT2D eigenvalue weighted by Crippen LogP contribution is 2.59. The van der Waals surface area contributed by atoms with E-state index in [9.17, 15) is 0 Å². The Hall–Kier alpha value is -5.08. The van der Waals surface area contributed by atoms with Gasteiger partial charge in [-0.15, -0.1) is 0 Å². The van der Waals surface area contributed by atoms with Gasteiger partial charge in [-0.05, 0) is 99.5 Å². The van der Waals surface area contributed by atoms with Crippen LogP contribution in [0.1, 0.15) is 22.3 Å². The van der Waals surface area contributed by atoms with E-state index >= 15 is 0 Å². The van der Waals surface area contributed by atoms with Crippen LogP contribution in [-0.2, 0) is 0 Å². The molecule has 42 heavy (non-hydrogen) atoms. The Balaban J connectivity index is 1.48. The summed E-state index contributed by atoms with van der Waals surface area (Å²) in [5.74, 6) is 0. The lowest BCUT2D eigenvalue weighted by Gasteiger charge is -2.38. The van der Waals surface area contributed by atoms with E-state index < -0.39 is 0 Å². The first-order valence-corrected chi connectivity index (χ1v) is 14.6. The Morgan fingerprint density at radius 2 is 0.571 bits per heavy atom. The van der Waals surface area contributed by atoms with E-state index in [1.54, 1.807) is 0 Å². The molecule has 0 heterocycles. The fraction of sp³-hybridized carbons (Fsp3) is 0.100. The van der Waals surface area contributed by atoms with Crippen LogP contribution in [-0.4, -0.2) is 0 Å². The molecular formula is C40H34N2. The van der Waals surface area contributed by atoms with Gasteiger partial charge < -0.3 is 9.80 Å². The molecule has 6 aromatic rings. The van der Waals surface area contributed by atoms with Crippen molar-refractivity contribution >= 4 is 34.1 Å². The molecular weight excluding hydrogens is 508 g/mol. The average Bonchev–Trinajstić information content (AvgIpc) is 3.00. The normalized spacial score (nSPS) is 11.3. The maximum atomic E-state index is 2.40. The van der Waals surface area contributed by atoms with Crippen LogP contribution >= 0.6 is 0 Å². The molecule has 1 aliphatic rings. The molecule has 0 atom stereocenters. The second-order valence-electron chi connectivity index (χ2n) is 11.4. The fourth-order valence-corrected chi connectivity index (χ4v) is 5.99. The SMILES string of the molecule is Cc1ccc(N(c2ccc(C)cc2)c2ccc(N(c3ccc(C)cc3)c3ccc(C)cc3)c3c2-c2ccccc2-3)cc1. The van der Waals surface area contributed by atoms with Crippen molar-refractivity contribution in [3.63, 3.8) is 0 Å². The molecule has 6 aromatic carbocycles. The van der Waals surface area contributed by atoms with E-state index in [-0.39, 0.29) is 0 Å². The van der Waals surface area contributed by atoms with Gasteiger partial charge in [-0.3, -0.25) is 0 Å². The molecule has 0 aliphatic heterocycles. The van der Waals surface area contributed by atoms with Crippen molar-refractivity contribution in [2.24, 2.45) is 0 Å². The molecule has 0 amide bonds. The minimum Gasteiger partial charge on any atom is -0.310 e. The molecule has 204 valence electrons. The number of hydrogen-bond donors (Lipinski definition) is 0. The van der Waals surface area contributed by atoms with Crippen LogP contribution in [0.3, 0.4) is 0 Å². The summed E-state index contributed by atoms with van der Waals surface area (Å²) in [7, 11) is 0. The van der Waals surface area contributed by atoms with Crippen LogP contribution in [0.5, 0.6) is 0 Å². The first-order chi connectivity index (χ1) is 20.5. The summed E-state index contributed by atoms with van der Waals surface area (Å²) in [6, 6.07) is 48.8. The van der Waals surface area contributed by atoms with Crippen LogP contribution in [0.4, 0.5) is 34.1 Å². The molecule has 0 spiro atoms. The average molecular weight is 543 g/mol. The molecule has 0 saturated heterocycles. The number of anilines is 6. The highest BCUT2D eigenvalue weighted by molar-refractivity contribution is 6.15. The largest absolute Gasteiger partial charge is 0.310 e. The van der Waals surface area contributed by atoms with Gasteiger partial charge in [0.2, 0.25) is 0 Å². The topological polar surface area (TPSA) is 6.48 Å². The zero-order chi connectivity index (χ0) is 28.8. The standard InChI is InChI=1S/C40H34N2/c1-27-9-17-31(18-10-27)41(32-19-11-28(2)12-20-32)37-25-26-38(40-36-8-6-5-7-35(36)39(37)40)42(33-21-13-29(3)14-22-33)34-23-15-30(4)16-24-34/h5-26H,1-4H3. The third-order valence-electron chi connectivity index (χ3n) is 8.28. The van der Waals surface area contributed by atoms with Gasteiger partial charge in [0.15, 0.2) is 0 Å². The third-order valence-corrected chi connectivity index (χ3v) is 8.28. The number of hydrogen-bond acceptors (Lipinski definition) is 2. The predicted octanol–water partition coefficient (Wildman–Crippen LogP) is 11.5. The smallest absolute Gasteiger partial charge is 0.0548 e. The van der Waals surface area contributed by atoms with Crippen molar-refractivity contribution in [3.8, 4) is 22.3 Å². The highest BCUT2D eigenvalue weighted by atomic mass is 15.2. The van der Waals surface area contributed by atoms with Crippen LogP contribution in [0.25, 0.3) is 22.3 Å². The highest BCUT2D eigenvalue weighted by Gasteiger charge is 2.33. The van der Waals surface area contributed by atoms with E-state index in [1.165, 1.54) is 55.9 Å². The Kier molecular flexibility index (Phi) is 6.40. The molecule has 0 saturated carbocycles. The zero-order valence-electron chi connectivity index (χ0n) is 24.6. The van der Waals surface area contributed by atoms with Crippen molar-refractivity contribution < 1.29 is 0 Å². The Morgan fingerprint density at radius 3 is 0.833 bits per heavy atom. The van der Waals surface area contributed by atoms with Gasteiger partial charge in [0, 0.05) is 33.9 Å². The van der Waals surface area contributed by atoms with Gasteiger partial charge in [-0.1, -0.05) is 95.1 Å². The molecule has 0 fully saturated rings. The maximum Gasteiger partial charge on any atom is 0.0548 e. The molecule has 0 bridgehead atoms. The first-order valence-electron chi connectivity index (χ1n) is 14.6. The summed E-state index contributed by atoms with van der Waals surface area (Å²) in [5.41, 5.74) is 17.1. The van der Waals surface area contributed by atoms with Crippen molar-refractivity contribution in [2.75, 3.05) is 9.80 Å². The van der Waals surface area contributed by atoms with Crippen molar-refractivity contribution in [1.82, 2.24) is 0 Å². The lowest BCUT2D eigenvalue weighted by atomic mass is 9.77. The zero-order valence-corrected chi connectivity index (χ0v) is 24.6. The van der Waals surface area contributed by atoms with E-state index in [0.29, 0.717) is 0 Å². The van der Waals surface area contributed by atoms with Crippen LogP contribution in [0.15, 0.2) is 133 Å². The number of fused-ring (bicyclic) bond motifs is 4. The minimum absolute atomic E-state index is 1.15. The Morgan fingerprint density at radius 1 is 0.310 bits per heavy atom. The van der Waals surface area contributed by atoms with Gasteiger partial charge in [0.25, 0.3) is 0 Å². The molecule has 0 N–H and O–H groups in total. The van der Waals surface area contributed by atoms with E-state index in [2.05, 4.69) is 171 Å². The number of benzene rings is 6. The second kappa shape index (κ2) is 10.4. The van der Waals surface area contributed by atoms with Gasteiger partial charge in [-0.2, -0.15) is 0 Å². The van der Waals surface area contributed by atoms with Crippen LogP contribution in [0, 0.1) is 27.7 Å². The quantitative estimate of drug-likeness (QED) is 0.206. The molecule has 0 unspecified atom stereocenters. The van der Waals surface area contributed by atoms with Crippen LogP contribution < -0.4 is 9.80 Å². The number of nitrogens with zero attached hydrogens (tertiary/aromatic N) is 2. The van der Waals surface area contributed by atoms with E-state index in [4.69, 9.17) is 0 Å². The summed E-state index contributed by atoms with van der Waals surface area (Å²) >= 11 is 0. The molecule has 1 aliphatic carbocycles. The Labute approximate surface area is 249 Å². The predicted molar refractivity (Wildman–Crippen MR) is 179 cm³/mol. The Bertz CT molecular complexity index is 1650.